The van der Waals surface area contributed by atoms with Gasteiger partial charge in [-0.25, -0.2) is 4.79 Å². The van der Waals surface area contributed by atoms with Crippen LogP contribution in [0.4, 0.5) is 0 Å². The van der Waals surface area contributed by atoms with Crippen LogP contribution in [0.15, 0.2) is 30.3 Å². The van der Waals surface area contributed by atoms with Gasteiger partial charge in [0.2, 0.25) is 0 Å². The number of aromatic nitrogens is 1. The Morgan fingerprint density at radius 2 is 1.94 bits per heavy atom. The number of ether oxygens (including phenoxy) is 3. The minimum absolute atomic E-state index is 0.259. The zero-order valence-electron chi connectivity index (χ0n) is 18.1. The molecule has 2 aliphatic rings. The molecule has 2 aromatic rings. The van der Waals surface area contributed by atoms with Gasteiger partial charge < -0.3 is 24.1 Å². The van der Waals surface area contributed by atoms with E-state index < -0.39 is 5.97 Å². The quantitative estimate of drug-likeness (QED) is 0.542. The van der Waals surface area contributed by atoms with Gasteiger partial charge in [-0.2, -0.15) is 0 Å². The molecule has 1 fully saturated rings. The van der Waals surface area contributed by atoms with E-state index in [1.54, 1.807) is 6.08 Å². The van der Waals surface area contributed by atoms with Crippen molar-refractivity contribution in [2.45, 2.75) is 45.7 Å². The molecule has 1 N–H and O–H groups in total. The van der Waals surface area contributed by atoms with E-state index in [0.717, 1.165) is 16.8 Å². The van der Waals surface area contributed by atoms with E-state index in [4.69, 9.17) is 14.2 Å². The van der Waals surface area contributed by atoms with E-state index >= 15 is 0 Å². The highest BCUT2D eigenvalue weighted by Crippen LogP contribution is 2.38. The largest absolute Gasteiger partial charge is 0.486 e. The van der Waals surface area contributed by atoms with Crippen molar-refractivity contribution in [3.8, 4) is 11.5 Å². The first kappa shape index (κ1) is 21.0. The molecular weight excluding hydrogens is 396 g/mol. The number of rotatable bonds is 7. The Kier molecular flexibility index (Phi) is 6.02. The van der Waals surface area contributed by atoms with Crippen molar-refractivity contribution >= 4 is 18.0 Å². The fourth-order valence-corrected chi connectivity index (χ4v) is 3.90. The topological polar surface area (TPSA) is 78.8 Å². The molecule has 1 amide bonds. The summed E-state index contributed by atoms with van der Waals surface area (Å²) in [6, 6.07) is 7.97. The average molecular weight is 424 g/mol. The third kappa shape index (κ3) is 4.93. The number of fused-ring (bicyclic) bond motifs is 1. The molecule has 1 aliphatic heterocycles. The molecule has 0 radical (unpaired) electrons. The summed E-state index contributed by atoms with van der Waals surface area (Å²) in [5.74, 6) is 0.462. The average Bonchev–Trinajstić information content (AvgIpc) is 3.55. The second-order valence-corrected chi connectivity index (χ2v) is 8.06. The highest BCUT2D eigenvalue weighted by atomic mass is 16.6. The van der Waals surface area contributed by atoms with E-state index in [-0.39, 0.29) is 18.6 Å². The van der Waals surface area contributed by atoms with Gasteiger partial charge in [0, 0.05) is 23.5 Å². The highest BCUT2D eigenvalue weighted by molar-refractivity contribution is 5.89. The van der Waals surface area contributed by atoms with Crippen LogP contribution < -0.4 is 14.8 Å². The lowest BCUT2D eigenvalue weighted by Crippen LogP contribution is -2.31. The second kappa shape index (κ2) is 8.88. The van der Waals surface area contributed by atoms with E-state index in [2.05, 4.69) is 29.8 Å². The van der Waals surface area contributed by atoms with Gasteiger partial charge >= 0.3 is 5.97 Å². The SMILES string of the molecule is Cc1cc(/C=C/C(=O)OCC(=O)N[C@H](C)c2ccc3c(c2)OCCO3)c(C)n1C1CC1. The van der Waals surface area contributed by atoms with E-state index in [9.17, 15) is 9.59 Å². The number of hydrogen-bond donors (Lipinski definition) is 1. The van der Waals surface area contributed by atoms with Crippen LogP contribution in [0.25, 0.3) is 6.08 Å². The number of hydrogen-bond acceptors (Lipinski definition) is 5. The summed E-state index contributed by atoms with van der Waals surface area (Å²) < 4.78 is 18.5. The van der Waals surface area contributed by atoms with Gasteiger partial charge in [-0.3, -0.25) is 4.79 Å². The predicted octanol–water partition coefficient (Wildman–Crippen LogP) is 3.64. The zero-order chi connectivity index (χ0) is 22.0. The van der Waals surface area contributed by atoms with E-state index in [1.165, 1.54) is 24.6 Å². The van der Waals surface area contributed by atoms with Crippen molar-refractivity contribution in [1.82, 2.24) is 9.88 Å². The molecule has 4 rings (SSSR count). The molecule has 1 atom stereocenters. The third-order valence-corrected chi connectivity index (χ3v) is 5.62. The van der Waals surface area contributed by atoms with Gasteiger partial charge in [-0.05, 0) is 69.0 Å². The number of esters is 1. The van der Waals surface area contributed by atoms with Crippen molar-refractivity contribution in [1.29, 1.82) is 0 Å². The Bertz CT molecular complexity index is 1020. The molecule has 1 aromatic carbocycles. The standard InChI is InChI=1S/C24H28N2O5/c1-15-12-19(17(3)26(15)20-6-7-20)5-9-24(28)31-14-23(27)25-16(2)18-4-8-21-22(13-18)30-11-10-29-21/h4-5,8-9,12-13,16,20H,6-7,10-11,14H2,1-3H3,(H,25,27)/b9-5+/t16-/m1/s1. The summed E-state index contributed by atoms with van der Waals surface area (Å²) >= 11 is 0. The normalized spacial score (nSPS) is 16.2. The Morgan fingerprint density at radius 1 is 1.19 bits per heavy atom. The molecule has 1 saturated carbocycles. The minimum Gasteiger partial charge on any atom is -0.486 e. The molecule has 7 heteroatoms. The van der Waals surface area contributed by atoms with Gasteiger partial charge in [0.1, 0.15) is 13.2 Å². The summed E-state index contributed by atoms with van der Waals surface area (Å²) in [6.45, 7) is 6.70. The van der Waals surface area contributed by atoms with Crippen LogP contribution in [-0.4, -0.2) is 36.3 Å². The summed E-state index contributed by atoms with van der Waals surface area (Å²) in [6.07, 6.45) is 5.54. The van der Waals surface area contributed by atoms with Crippen molar-refractivity contribution in [2.75, 3.05) is 19.8 Å². The Morgan fingerprint density at radius 3 is 2.68 bits per heavy atom. The Balaban J connectivity index is 1.27. The number of benzene rings is 1. The minimum atomic E-state index is -0.543. The Labute approximate surface area is 182 Å². The fraction of sp³-hybridized carbons (Fsp3) is 0.417. The van der Waals surface area contributed by atoms with Crippen molar-refractivity contribution in [3.63, 3.8) is 0 Å². The summed E-state index contributed by atoms with van der Waals surface area (Å²) in [5.41, 5.74) is 4.23. The third-order valence-electron chi connectivity index (χ3n) is 5.62. The van der Waals surface area contributed by atoms with Gasteiger partial charge in [0.05, 0.1) is 6.04 Å². The predicted molar refractivity (Wildman–Crippen MR) is 116 cm³/mol. The fourth-order valence-electron chi connectivity index (χ4n) is 3.90. The first-order chi connectivity index (χ1) is 14.9. The molecule has 0 spiro atoms. The van der Waals surface area contributed by atoms with Gasteiger partial charge in [-0.15, -0.1) is 0 Å². The van der Waals surface area contributed by atoms with Crippen molar-refractivity contribution in [3.05, 3.63) is 52.9 Å². The first-order valence-electron chi connectivity index (χ1n) is 10.6. The molecule has 1 aromatic heterocycles. The molecule has 0 unspecified atom stereocenters. The van der Waals surface area contributed by atoms with Crippen molar-refractivity contribution in [2.24, 2.45) is 0 Å². The maximum Gasteiger partial charge on any atom is 0.331 e. The number of nitrogens with zero attached hydrogens (tertiary/aromatic N) is 1. The molecular formula is C24H28N2O5. The molecule has 1 aliphatic carbocycles. The molecule has 0 bridgehead atoms. The van der Waals surface area contributed by atoms with Crippen LogP contribution in [-0.2, 0) is 14.3 Å². The molecule has 7 nitrogen and oxygen atoms in total. The number of nitrogens with one attached hydrogen (secondary N) is 1. The lowest BCUT2D eigenvalue weighted by molar-refractivity contribution is -0.144. The number of aryl methyl sites for hydroxylation is 1. The van der Waals surface area contributed by atoms with Crippen LogP contribution >= 0.6 is 0 Å². The van der Waals surface area contributed by atoms with Crippen LogP contribution in [0.3, 0.4) is 0 Å². The first-order valence-corrected chi connectivity index (χ1v) is 10.6. The highest BCUT2D eigenvalue weighted by Gasteiger charge is 2.26. The van der Waals surface area contributed by atoms with Gasteiger partial charge in [0.25, 0.3) is 5.91 Å². The van der Waals surface area contributed by atoms with Gasteiger partial charge in [-0.1, -0.05) is 6.07 Å². The molecule has 0 saturated heterocycles. The van der Waals surface area contributed by atoms with Crippen LogP contribution in [0.5, 0.6) is 11.5 Å². The van der Waals surface area contributed by atoms with Gasteiger partial charge in [0.15, 0.2) is 18.1 Å². The number of amides is 1. The Hall–Kier alpha value is -3.22. The second-order valence-electron chi connectivity index (χ2n) is 8.06. The van der Waals surface area contributed by atoms with E-state index in [1.807, 2.05) is 25.1 Å². The maximum absolute atomic E-state index is 12.2. The smallest absolute Gasteiger partial charge is 0.331 e. The molecule has 2 heterocycles. The number of carbonyl (C=O) groups is 2. The molecule has 164 valence electrons. The van der Waals surface area contributed by atoms with Crippen LogP contribution in [0, 0.1) is 13.8 Å². The summed E-state index contributed by atoms with van der Waals surface area (Å²) in [4.78, 5) is 24.3. The zero-order valence-corrected chi connectivity index (χ0v) is 18.1. The lowest BCUT2D eigenvalue weighted by atomic mass is 10.1. The van der Waals surface area contributed by atoms with Crippen LogP contribution in [0.1, 0.15) is 54.4 Å². The summed E-state index contributed by atoms with van der Waals surface area (Å²) in [5, 5.41) is 2.83. The van der Waals surface area contributed by atoms with E-state index in [0.29, 0.717) is 30.8 Å². The summed E-state index contributed by atoms with van der Waals surface area (Å²) in [7, 11) is 0. The lowest BCUT2D eigenvalue weighted by Gasteiger charge is -2.21. The maximum atomic E-state index is 12.2. The monoisotopic (exact) mass is 424 g/mol. The number of carbonyl (C=O) groups excluding carboxylic acids is 2. The molecule has 31 heavy (non-hydrogen) atoms. The van der Waals surface area contributed by atoms with Crippen molar-refractivity contribution < 1.29 is 23.8 Å². The van der Waals surface area contributed by atoms with Crippen LogP contribution in [0.2, 0.25) is 0 Å².